The summed E-state index contributed by atoms with van der Waals surface area (Å²) in [6.45, 7) is 2.48. The zero-order valence-corrected chi connectivity index (χ0v) is 13.6. The van der Waals surface area contributed by atoms with Crippen LogP contribution in [0.25, 0.3) is 0 Å². The molecule has 0 aliphatic carbocycles. The van der Waals surface area contributed by atoms with E-state index in [1.807, 2.05) is 60.7 Å². The molecule has 120 valence electrons. The number of carbonyl (C=O) groups excluding carboxylic acids is 2. The lowest BCUT2D eigenvalue weighted by atomic mass is 10.2. The van der Waals surface area contributed by atoms with Crippen molar-refractivity contribution in [3.05, 3.63) is 66.2 Å². The Kier molecular flexibility index (Phi) is 5.92. The highest BCUT2D eigenvalue weighted by atomic mass is 16.2. The van der Waals surface area contributed by atoms with Crippen molar-refractivity contribution in [1.82, 2.24) is 4.90 Å². The van der Waals surface area contributed by atoms with Crippen molar-refractivity contribution in [2.45, 2.75) is 19.9 Å². The Hall–Kier alpha value is -2.62. The van der Waals surface area contributed by atoms with Gasteiger partial charge in [0.15, 0.2) is 0 Å². The summed E-state index contributed by atoms with van der Waals surface area (Å²) >= 11 is 0. The molecule has 0 aromatic heterocycles. The predicted molar refractivity (Wildman–Crippen MR) is 92.0 cm³/mol. The number of nitrogens with zero attached hydrogens (tertiary/aromatic N) is 2. The minimum atomic E-state index is -0.0241. The largest absolute Gasteiger partial charge is 0.338 e. The Balaban J connectivity index is 1.93. The molecule has 0 radical (unpaired) electrons. The standard InChI is InChI=1S/C19H22N2O2/c1-16(22)21(15-17-9-5-3-6-10-17)14-13-19(23)20(2)18-11-7-4-8-12-18/h3-12H,13-15H2,1-2H3. The molecule has 0 N–H and O–H groups in total. The number of anilines is 1. The molecule has 2 aromatic carbocycles. The summed E-state index contributed by atoms with van der Waals surface area (Å²) in [5.41, 5.74) is 1.92. The second kappa shape index (κ2) is 8.13. The SMILES string of the molecule is CC(=O)N(CCC(=O)N(C)c1ccccc1)Cc1ccccc1. The van der Waals surface area contributed by atoms with Crippen molar-refractivity contribution in [3.8, 4) is 0 Å². The summed E-state index contributed by atoms with van der Waals surface area (Å²) in [5, 5.41) is 0. The topological polar surface area (TPSA) is 40.6 Å². The van der Waals surface area contributed by atoms with Crippen LogP contribution in [0.1, 0.15) is 18.9 Å². The Morgan fingerprint density at radius 1 is 0.913 bits per heavy atom. The van der Waals surface area contributed by atoms with Gasteiger partial charge in [-0.25, -0.2) is 0 Å². The summed E-state index contributed by atoms with van der Waals surface area (Å²) in [5.74, 6) is -0.0282. The molecule has 0 saturated heterocycles. The summed E-state index contributed by atoms with van der Waals surface area (Å²) in [4.78, 5) is 27.4. The molecule has 2 rings (SSSR count). The van der Waals surface area contributed by atoms with E-state index in [4.69, 9.17) is 0 Å². The second-order valence-electron chi connectivity index (χ2n) is 5.46. The molecule has 0 bridgehead atoms. The molecule has 0 fully saturated rings. The number of carbonyl (C=O) groups is 2. The molecule has 0 atom stereocenters. The van der Waals surface area contributed by atoms with Gasteiger partial charge in [-0.15, -0.1) is 0 Å². The smallest absolute Gasteiger partial charge is 0.228 e. The van der Waals surface area contributed by atoms with Gasteiger partial charge in [0.2, 0.25) is 11.8 Å². The summed E-state index contributed by atoms with van der Waals surface area (Å²) in [6, 6.07) is 19.3. The number of rotatable bonds is 6. The van der Waals surface area contributed by atoms with Gasteiger partial charge in [-0.05, 0) is 17.7 Å². The monoisotopic (exact) mass is 310 g/mol. The van der Waals surface area contributed by atoms with E-state index in [9.17, 15) is 9.59 Å². The van der Waals surface area contributed by atoms with Gasteiger partial charge < -0.3 is 9.80 Å². The molecular weight excluding hydrogens is 288 g/mol. The first kappa shape index (κ1) is 16.7. The Morgan fingerprint density at radius 3 is 2.04 bits per heavy atom. The van der Waals surface area contributed by atoms with Gasteiger partial charge in [0.1, 0.15) is 0 Å². The van der Waals surface area contributed by atoms with Crippen LogP contribution >= 0.6 is 0 Å². The van der Waals surface area contributed by atoms with Crippen LogP contribution in [0, 0.1) is 0 Å². The molecule has 2 amide bonds. The Morgan fingerprint density at radius 2 is 1.48 bits per heavy atom. The normalized spacial score (nSPS) is 10.2. The van der Waals surface area contributed by atoms with Crippen LogP contribution in [-0.2, 0) is 16.1 Å². The van der Waals surface area contributed by atoms with Crippen molar-refractivity contribution >= 4 is 17.5 Å². The fourth-order valence-electron chi connectivity index (χ4n) is 2.35. The van der Waals surface area contributed by atoms with Crippen LogP contribution in [0.3, 0.4) is 0 Å². The average Bonchev–Trinajstić information content (AvgIpc) is 2.59. The van der Waals surface area contributed by atoms with E-state index in [0.29, 0.717) is 19.5 Å². The third-order valence-electron chi connectivity index (χ3n) is 3.77. The van der Waals surface area contributed by atoms with Crippen molar-refractivity contribution in [2.24, 2.45) is 0 Å². The number of para-hydroxylation sites is 1. The van der Waals surface area contributed by atoms with Gasteiger partial charge in [-0.1, -0.05) is 48.5 Å². The molecule has 0 aliphatic heterocycles. The van der Waals surface area contributed by atoms with Crippen molar-refractivity contribution < 1.29 is 9.59 Å². The molecule has 23 heavy (non-hydrogen) atoms. The van der Waals surface area contributed by atoms with Crippen molar-refractivity contribution in [3.63, 3.8) is 0 Å². The van der Waals surface area contributed by atoms with E-state index >= 15 is 0 Å². The highest BCUT2D eigenvalue weighted by molar-refractivity contribution is 5.93. The first-order chi connectivity index (χ1) is 11.1. The molecule has 0 aliphatic rings. The molecule has 0 heterocycles. The fraction of sp³-hybridized carbons (Fsp3) is 0.263. The third-order valence-corrected chi connectivity index (χ3v) is 3.77. The second-order valence-corrected chi connectivity index (χ2v) is 5.46. The van der Waals surface area contributed by atoms with Crippen LogP contribution in [-0.4, -0.2) is 30.3 Å². The zero-order chi connectivity index (χ0) is 16.7. The molecule has 0 spiro atoms. The third kappa shape index (κ3) is 4.95. The lowest BCUT2D eigenvalue weighted by Gasteiger charge is -2.23. The van der Waals surface area contributed by atoms with E-state index in [2.05, 4.69) is 0 Å². The summed E-state index contributed by atoms with van der Waals surface area (Å²) < 4.78 is 0. The van der Waals surface area contributed by atoms with Gasteiger partial charge in [0.25, 0.3) is 0 Å². The minimum Gasteiger partial charge on any atom is -0.338 e. The predicted octanol–water partition coefficient (Wildman–Crippen LogP) is 3.09. The van der Waals surface area contributed by atoms with Gasteiger partial charge in [0, 0.05) is 39.2 Å². The molecule has 4 nitrogen and oxygen atoms in total. The first-order valence-corrected chi connectivity index (χ1v) is 7.69. The molecular formula is C19H22N2O2. The lowest BCUT2D eigenvalue weighted by molar-refractivity contribution is -0.130. The van der Waals surface area contributed by atoms with Gasteiger partial charge in [-0.3, -0.25) is 9.59 Å². The minimum absolute atomic E-state index is 0.00416. The van der Waals surface area contributed by atoms with E-state index < -0.39 is 0 Å². The van der Waals surface area contributed by atoms with E-state index in [1.165, 1.54) is 6.92 Å². The molecule has 2 aromatic rings. The quantitative estimate of drug-likeness (QED) is 0.822. The maximum absolute atomic E-state index is 12.3. The summed E-state index contributed by atoms with van der Waals surface area (Å²) in [6.07, 6.45) is 0.303. The lowest BCUT2D eigenvalue weighted by Crippen LogP contribution is -2.34. The van der Waals surface area contributed by atoms with E-state index in [0.717, 1.165) is 11.3 Å². The van der Waals surface area contributed by atoms with Crippen LogP contribution in [0.2, 0.25) is 0 Å². The van der Waals surface area contributed by atoms with E-state index in [1.54, 1.807) is 16.8 Å². The van der Waals surface area contributed by atoms with Gasteiger partial charge in [0.05, 0.1) is 0 Å². The van der Waals surface area contributed by atoms with Crippen molar-refractivity contribution in [2.75, 3.05) is 18.5 Å². The maximum Gasteiger partial charge on any atom is 0.228 e. The van der Waals surface area contributed by atoms with Crippen LogP contribution in [0.5, 0.6) is 0 Å². The number of hydrogen-bond donors (Lipinski definition) is 0. The Bertz CT molecular complexity index is 641. The molecule has 4 heteroatoms. The van der Waals surface area contributed by atoms with Gasteiger partial charge >= 0.3 is 0 Å². The van der Waals surface area contributed by atoms with E-state index in [-0.39, 0.29) is 11.8 Å². The average molecular weight is 310 g/mol. The van der Waals surface area contributed by atoms with Gasteiger partial charge in [-0.2, -0.15) is 0 Å². The van der Waals surface area contributed by atoms with Crippen LogP contribution in [0.4, 0.5) is 5.69 Å². The number of hydrogen-bond acceptors (Lipinski definition) is 2. The Labute approximate surface area is 137 Å². The maximum atomic E-state index is 12.3. The highest BCUT2D eigenvalue weighted by Crippen LogP contribution is 2.13. The highest BCUT2D eigenvalue weighted by Gasteiger charge is 2.15. The summed E-state index contributed by atoms with van der Waals surface area (Å²) in [7, 11) is 1.76. The molecule has 0 saturated carbocycles. The number of amides is 2. The van der Waals surface area contributed by atoms with Crippen LogP contribution in [0.15, 0.2) is 60.7 Å². The van der Waals surface area contributed by atoms with Crippen LogP contribution < -0.4 is 4.90 Å². The molecule has 0 unspecified atom stereocenters. The first-order valence-electron chi connectivity index (χ1n) is 7.69. The number of benzene rings is 2. The van der Waals surface area contributed by atoms with Crippen molar-refractivity contribution in [1.29, 1.82) is 0 Å². The zero-order valence-electron chi connectivity index (χ0n) is 13.6. The fourth-order valence-corrected chi connectivity index (χ4v) is 2.35.